The standard InChI is InChI=1S/C9H9BrFNO/c1-2-6-3-4-12-9(8(6)11)7(13)5-10/h3-4H,2,5H2,1H3. The van der Waals surface area contributed by atoms with E-state index in [0.717, 1.165) is 0 Å². The molecule has 0 bridgehead atoms. The van der Waals surface area contributed by atoms with Gasteiger partial charge in [-0.3, -0.25) is 4.79 Å². The van der Waals surface area contributed by atoms with Gasteiger partial charge in [-0.15, -0.1) is 0 Å². The van der Waals surface area contributed by atoms with Crippen LogP contribution < -0.4 is 0 Å². The lowest BCUT2D eigenvalue weighted by molar-refractivity contribution is 0.101. The van der Waals surface area contributed by atoms with Gasteiger partial charge < -0.3 is 0 Å². The molecule has 0 N–H and O–H groups in total. The van der Waals surface area contributed by atoms with Gasteiger partial charge in [0.05, 0.1) is 5.33 Å². The Morgan fingerprint density at radius 3 is 2.92 bits per heavy atom. The van der Waals surface area contributed by atoms with E-state index in [9.17, 15) is 9.18 Å². The van der Waals surface area contributed by atoms with Crippen LogP contribution in [0.25, 0.3) is 0 Å². The predicted octanol–water partition coefficient (Wildman–Crippen LogP) is 2.36. The zero-order valence-electron chi connectivity index (χ0n) is 7.18. The van der Waals surface area contributed by atoms with Crippen molar-refractivity contribution in [1.82, 2.24) is 4.98 Å². The van der Waals surface area contributed by atoms with E-state index >= 15 is 0 Å². The minimum Gasteiger partial charge on any atom is -0.291 e. The second-order valence-electron chi connectivity index (χ2n) is 2.54. The summed E-state index contributed by atoms with van der Waals surface area (Å²) >= 11 is 2.98. The first-order valence-electron chi connectivity index (χ1n) is 3.93. The average molecular weight is 246 g/mol. The maximum atomic E-state index is 13.4. The van der Waals surface area contributed by atoms with Crippen LogP contribution in [0.4, 0.5) is 4.39 Å². The second kappa shape index (κ2) is 4.46. The van der Waals surface area contributed by atoms with Gasteiger partial charge in [0.15, 0.2) is 11.6 Å². The summed E-state index contributed by atoms with van der Waals surface area (Å²) in [6, 6.07) is 1.58. The minimum absolute atomic E-state index is 0.0729. The van der Waals surface area contributed by atoms with Crippen LogP contribution in [0.2, 0.25) is 0 Å². The molecule has 2 nitrogen and oxygen atoms in total. The molecule has 1 aromatic rings. The summed E-state index contributed by atoms with van der Waals surface area (Å²) < 4.78 is 13.4. The molecule has 4 heteroatoms. The molecule has 0 aliphatic heterocycles. The highest BCUT2D eigenvalue weighted by atomic mass is 79.9. The number of Topliss-reactive ketones (excluding diaryl/α,β-unsaturated/α-hetero) is 1. The molecule has 0 unspecified atom stereocenters. The zero-order valence-corrected chi connectivity index (χ0v) is 8.77. The summed E-state index contributed by atoms with van der Waals surface area (Å²) in [5.41, 5.74) is 0.454. The van der Waals surface area contributed by atoms with Crippen LogP contribution in [0, 0.1) is 5.82 Å². The van der Waals surface area contributed by atoms with Gasteiger partial charge in [0.2, 0.25) is 0 Å². The molecule has 1 rings (SSSR count). The number of aromatic nitrogens is 1. The highest BCUT2D eigenvalue weighted by molar-refractivity contribution is 9.09. The largest absolute Gasteiger partial charge is 0.291 e. The Labute approximate surface area is 84.3 Å². The van der Waals surface area contributed by atoms with Crippen molar-refractivity contribution in [3.8, 4) is 0 Å². The van der Waals surface area contributed by atoms with Crippen molar-refractivity contribution in [2.24, 2.45) is 0 Å². The van der Waals surface area contributed by atoms with Crippen molar-refractivity contribution >= 4 is 21.7 Å². The van der Waals surface area contributed by atoms with Crippen LogP contribution in [-0.2, 0) is 6.42 Å². The highest BCUT2D eigenvalue weighted by Crippen LogP contribution is 2.12. The molecule has 0 radical (unpaired) electrons. The Balaban J connectivity index is 3.15. The number of aryl methyl sites for hydroxylation is 1. The SMILES string of the molecule is CCc1ccnc(C(=O)CBr)c1F. The molecule has 0 saturated heterocycles. The molecule has 0 amide bonds. The molecule has 0 spiro atoms. The Morgan fingerprint density at radius 1 is 1.69 bits per heavy atom. The van der Waals surface area contributed by atoms with Gasteiger partial charge in [0.1, 0.15) is 5.69 Å². The Kier molecular flexibility index (Phi) is 3.54. The monoisotopic (exact) mass is 245 g/mol. The molecule has 13 heavy (non-hydrogen) atoms. The third-order valence-electron chi connectivity index (χ3n) is 1.74. The summed E-state index contributed by atoms with van der Waals surface area (Å²) in [5.74, 6) is -0.817. The smallest absolute Gasteiger partial charge is 0.194 e. The summed E-state index contributed by atoms with van der Waals surface area (Å²) in [7, 11) is 0. The molecule has 70 valence electrons. The molecule has 1 heterocycles. The molecule has 0 aliphatic rings. The Bertz CT molecular complexity index is 327. The molecular formula is C9H9BrFNO. The van der Waals surface area contributed by atoms with E-state index in [2.05, 4.69) is 20.9 Å². The topological polar surface area (TPSA) is 30.0 Å². The van der Waals surface area contributed by atoms with E-state index in [4.69, 9.17) is 0 Å². The number of rotatable bonds is 3. The van der Waals surface area contributed by atoms with Gasteiger partial charge >= 0.3 is 0 Å². The minimum atomic E-state index is -0.491. The maximum Gasteiger partial charge on any atom is 0.194 e. The molecular weight excluding hydrogens is 237 g/mol. The van der Waals surface area contributed by atoms with Crippen molar-refractivity contribution < 1.29 is 9.18 Å². The molecule has 0 fully saturated rings. The lowest BCUT2D eigenvalue weighted by Gasteiger charge is -2.02. The van der Waals surface area contributed by atoms with Gasteiger partial charge in [0, 0.05) is 6.20 Å². The maximum absolute atomic E-state index is 13.4. The lowest BCUT2D eigenvalue weighted by Crippen LogP contribution is -2.08. The van der Waals surface area contributed by atoms with Crippen molar-refractivity contribution in [3.05, 3.63) is 29.3 Å². The van der Waals surface area contributed by atoms with Crippen LogP contribution in [0.5, 0.6) is 0 Å². The van der Waals surface area contributed by atoms with Crippen LogP contribution in [-0.4, -0.2) is 16.1 Å². The summed E-state index contributed by atoms with van der Waals surface area (Å²) in [4.78, 5) is 14.9. The van der Waals surface area contributed by atoms with Gasteiger partial charge in [-0.2, -0.15) is 0 Å². The van der Waals surface area contributed by atoms with Crippen LogP contribution in [0.15, 0.2) is 12.3 Å². The third-order valence-corrected chi connectivity index (χ3v) is 2.24. The van der Waals surface area contributed by atoms with Gasteiger partial charge in [-0.25, -0.2) is 9.37 Å². The molecule has 1 aromatic heterocycles. The zero-order chi connectivity index (χ0) is 9.84. The highest BCUT2D eigenvalue weighted by Gasteiger charge is 2.14. The van der Waals surface area contributed by atoms with Crippen LogP contribution in [0.1, 0.15) is 23.0 Å². The number of hydrogen-bond donors (Lipinski definition) is 0. The Hall–Kier alpha value is -0.770. The van der Waals surface area contributed by atoms with Crippen LogP contribution >= 0.6 is 15.9 Å². The third kappa shape index (κ3) is 2.12. The number of hydrogen-bond acceptors (Lipinski definition) is 2. The second-order valence-corrected chi connectivity index (χ2v) is 3.10. The normalized spacial score (nSPS) is 10.1. The quantitative estimate of drug-likeness (QED) is 0.605. The average Bonchev–Trinajstić information content (AvgIpc) is 2.17. The fraction of sp³-hybridized carbons (Fsp3) is 0.333. The molecule has 0 aliphatic carbocycles. The first kappa shape index (κ1) is 10.3. The van der Waals surface area contributed by atoms with Crippen LogP contribution in [0.3, 0.4) is 0 Å². The van der Waals surface area contributed by atoms with E-state index in [1.807, 2.05) is 6.92 Å². The van der Waals surface area contributed by atoms with E-state index in [0.29, 0.717) is 12.0 Å². The molecule has 0 saturated carbocycles. The summed E-state index contributed by atoms with van der Waals surface area (Å²) in [5, 5.41) is 0.101. The first-order valence-corrected chi connectivity index (χ1v) is 5.05. The van der Waals surface area contributed by atoms with E-state index in [1.165, 1.54) is 6.20 Å². The molecule has 0 aromatic carbocycles. The number of pyridine rings is 1. The van der Waals surface area contributed by atoms with Crippen molar-refractivity contribution in [2.45, 2.75) is 13.3 Å². The number of carbonyl (C=O) groups excluding carboxylic acids is 1. The van der Waals surface area contributed by atoms with E-state index < -0.39 is 5.82 Å². The number of alkyl halides is 1. The van der Waals surface area contributed by atoms with Crippen molar-refractivity contribution in [2.75, 3.05) is 5.33 Å². The Morgan fingerprint density at radius 2 is 2.38 bits per heavy atom. The number of halogens is 2. The first-order chi connectivity index (χ1) is 6.20. The van der Waals surface area contributed by atoms with Gasteiger partial charge in [0.25, 0.3) is 0 Å². The fourth-order valence-electron chi connectivity index (χ4n) is 1.01. The number of ketones is 1. The summed E-state index contributed by atoms with van der Waals surface area (Å²) in [6.07, 6.45) is 2.02. The van der Waals surface area contributed by atoms with Crippen molar-refractivity contribution in [3.63, 3.8) is 0 Å². The predicted molar refractivity (Wildman–Crippen MR) is 51.7 cm³/mol. The summed E-state index contributed by atoms with van der Waals surface area (Å²) in [6.45, 7) is 1.83. The van der Waals surface area contributed by atoms with Gasteiger partial charge in [-0.1, -0.05) is 22.9 Å². The van der Waals surface area contributed by atoms with Gasteiger partial charge in [-0.05, 0) is 18.1 Å². The number of nitrogens with zero attached hydrogens (tertiary/aromatic N) is 1. The number of carbonyl (C=O) groups is 1. The van der Waals surface area contributed by atoms with Crippen molar-refractivity contribution in [1.29, 1.82) is 0 Å². The fourth-order valence-corrected chi connectivity index (χ4v) is 1.28. The van der Waals surface area contributed by atoms with E-state index in [1.54, 1.807) is 6.07 Å². The molecule has 0 atom stereocenters. The van der Waals surface area contributed by atoms with E-state index in [-0.39, 0.29) is 16.8 Å². The lowest BCUT2D eigenvalue weighted by atomic mass is 10.1.